The Hall–Kier alpha value is -4.12. The Morgan fingerprint density at radius 3 is 2.72 bits per heavy atom. The second-order valence-electron chi connectivity index (χ2n) is 6.07. The molecule has 8 heteroatoms. The Bertz CT molecular complexity index is 1040. The van der Waals surface area contributed by atoms with E-state index in [1.54, 1.807) is 12.3 Å². The van der Waals surface area contributed by atoms with Gasteiger partial charge in [0, 0.05) is 30.6 Å². The van der Waals surface area contributed by atoms with Crippen LogP contribution in [0.3, 0.4) is 0 Å². The Morgan fingerprint density at radius 1 is 1.28 bits per heavy atom. The maximum Gasteiger partial charge on any atom is 0.294 e. The van der Waals surface area contributed by atoms with Crippen LogP contribution < -0.4 is 10.1 Å². The molecule has 1 heterocycles. The molecule has 0 unspecified atom stereocenters. The van der Waals surface area contributed by atoms with E-state index < -0.39 is 4.92 Å². The van der Waals surface area contributed by atoms with Crippen molar-refractivity contribution in [2.24, 2.45) is 0 Å². The minimum absolute atomic E-state index is 0.168. The van der Waals surface area contributed by atoms with Crippen molar-refractivity contribution in [2.45, 2.75) is 6.42 Å². The molecule has 0 saturated heterocycles. The normalized spacial score (nSPS) is 10.2. The van der Waals surface area contributed by atoms with Crippen LogP contribution in [0.2, 0.25) is 0 Å². The average molecular weight is 390 g/mol. The molecule has 8 nitrogen and oxygen atoms in total. The molecule has 3 aromatic rings. The molecule has 1 N–H and O–H groups in total. The number of aromatic nitrogens is 2. The lowest BCUT2D eigenvalue weighted by molar-refractivity contribution is -0.384. The number of hydrogen-bond acceptors (Lipinski definition) is 5. The molecule has 0 aliphatic rings. The van der Waals surface area contributed by atoms with E-state index in [2.05, 4.69) is 16.2 Å². The van der Waals surface area contributed by atoms with Gasteiger partial charge >= 0.3 is 0 Å². The van der Waals surface area contributed by atoms with E-state index in [9.17, 15) is 14.9 Å². The van der Waals surface area contributed by atoms with Crippen molar-refractivity contribution >= 4 is 11.6 Å². The number of carbonyl (C=O) groups is 1. The van der Waals surface area contributed by atoms with Gasteiger partial charge in [-0.2, -0.15) is 0 Å². The van der Waals surface area contributed by atoms with Gasteiger partial charge in [0.05, 0.1) is 11.3 Å². The number of amides is 1. The van der Waals surface area contributed by atoms with Crippen LogP contribution in [0.1, 0.15) is 15.9 Å². The van der Waals surface area contributed by atoms with E-state index in [0.717, 1.165) is 5.56 Å². The Labute approximate surface area is 167 Å². The van der Waals surface area contributed by atoms with Crippen molar-refractivity contribution in [1.82, 2.24) is 14.9 Å². The molecular weight excluding hydrogens is 372 g/mol. The van der Waals surface area contributed by atoms with E-state index in [1.165, 1.54) is 29.2 Å². The number of rotatable bonds is 8. The molecule has 1 aromatic heterocycles. The van der Waals surface area contributed by atoms with Gasteiger partial charge in [0.2, 0.25) is 0 Å². The molecule has 0 aliphatic heterocycles. The van der Waals surface area contributed by atoms with Crippen molar-refractivity contribution < 1.29 is 14.5 Å². The maximum absolute atomic E-state index is 12.4. The summed E-state index contributed by atoms with van der Waals surface area (Å²) >= 11 is 0. The first-order chi connectivity index (χ1) is 14.1. The summed E-state index contributed by atoms with van der Waals surface area (Å²) in [5.41, 5.74) is 1.41. The van der Waals surface area contributed by atoms with Crippen LogP contribution >= 0.6 is 0 Å². The monoisotopic (exact) mass is 390 g/mol. The number of ether oxygens (including phenoxy) is 1. The molecule has 0 aliphatic carbocycles. The van der Waals surface area contributed by atoms with E-state index in [4.69, 9.17) is 11.2 Å². The van der Waals surface area contributed by atoms with Crippen LogP contribution in [0, 0.1) is 22.5 Å². The SMILES string of the molecule is C#CCOc1ccc(CCNC(=O)c2ccc(-n3ccnc3)c([N+](=O)[O-])c2)cc1. The first-order valence-electron chi connectivity index (χ1n) is 8.78. The van der Waals surface area contributed by atoms with Crippen LogP contribution in [-0.2, 0) is 6.42 Å². The maximum atomic E-state index is 12.4. The van der Waals surface area contributed by atoms with E-state index in [0.29, 0.717) is 24.4 Å². The number of nitrogens with one attached hydrogen (secondary N) is 1. The Kier molecular flexibility index (Phi) is 6.22. The van der Waals surface area contributed by atoms with Crippen LogP contribution in [0.5, 0.6) is 5.75 Å². The lowest BCUT2D eigenvalue weighted by atomic mass is 10.1. The highest BCUT2D eigenvalue weighted by Crippen LogP contribution is 2.24. The predicted octanol–water partition coefficient (Wildman–Crippen LogP) is 2.77. The Balaban J connectivity index is 1.61. The zero-order valence-corrected chi connectivity index (χ0v) is 15.4. The van der Waals surface area contributed by atoms with Gasteiger partial charge in [0.25, 0.3) is 11.6 Å². The van der Waals surface area contributed by atoms with Gasteiger partial charge in [-0.05, 0) is 36.2 Å². The van der Waals surface area contributed by atoms with Crippen LogP contribution in [-0.4, -0.2) is 33.5 Å². The molecule has 2 aromatic carbocycles. The molecule has 0 radical (unpaired) electrons. The molecule has 146 valence electrons. The van der Waals surface area contributed by atoms with Gasteiger partial charge in [0.1, 0.15) is 18.0 Å². The van der Waals surface area contributed by atoms with Gasteiger partial charge in [-0.15, -0.1) is 6.42 Å². The molecule has 0 atom stereocenters. The van der Waals surface area contributed by atoms with Gasteiger partial charge < -0.3 is 14.6 Å². The summed E-state index contributed by atoms with van der Waals surface area (Å²) in [6, 6.07) is 11.8. The molecule has 1 amide bonds. The zero-order valence-electron chi connectivity index (χ0n) is 15.4. The van der Waals surface area contributed by atoms with Crippen LogP contribution in [0.4, 0.5) is 5.69 Å². The van der Waals surface area contributed by atoms with Gasteiger partial charge in [0.15, 0.2) is 0 Å². The fourth-order valence-corrected chi connectivity index (χ4v) is 2.73. The molecule has 0 saturated carbocycles. The van der Waals surface area contributed by atoms with E-state index in [1.807, 2.05) is 24.3 Å². The number of carbonyl (C=O) groups excluding carboxylic acids is 1. The Morgan fingerprint density at radius 2 is 2.07 bits per heavy atom. The first-order valence-corrected chi connectivity index (χ1v) is 8.78. The molecular formula is C21H18N4O4. The van der Waals surface area contributed by atoms with Crippen molar-refractivity contribution in [3.05, 3.63) is 82.4 Å². The predicted molar refractivity (Wildman–Crippen MR) is 107 cm³/mol. The lowest BCUT2D eigenvalue weighted by Gasteiger charge is -2.08. The summed E-state index contributed by atoms with van der Waals surface area (Å²) in [5, 5.41) is 14.2. The smallest absolute Gasteiger partial charge is 0.294 e. The number of nitro benzene ring substituents is 1. The number of imidazole rings is 1. The minimum Gasteiger partial charge on any atom is -0.481 e. The van der Waals surface area contributed by atoms with Gasteiger partial charge in [-0.3, -0.25) is 14.9 Å². The summed E-state index contributed by atoms with van der Waals surface area (Å²) < 4.78 is 6.84. The summed E-state index contributed by atoms with van der Waals surface area (Å²) in [6.07, 6.45) is 10.3. The number of terminal acetylenes is 1. The van der Waals surface area contributed by atoms with Crippen molar-refractivity contribution in [3.63, 3.8) is 0 Å². The van der Waals surface area contributed by atoms with Crippen molar-refractivity contribution in [3.8, 4) is 23.8 Å². The van der Waals surface area contributed by atoms with Crippen LogP contribution in [0.15, 0.2) is 61.2 Å². The molecule has 3 rings (SSSR count). The lowest BCUT2D eigenvalue weighted by Crippen LogP contribution is -2.25. The van der Waals surface area contributed by atoms with E-state index in [-0.39, 0.29) is 23.8 Å². The molecule has 0 fully saturated rings. The van der Waals surface area contributed by atoms with Crippen LogP contribution in [0.25, 0.3) is 5.69 Å². The van der Waals surface area contributed by atoms with E-state index >= 15 is 0 Å². The number of nitro groups is 1. The molecule has 29 heavy (non-hydrogen) atoms. The second-order valence-corrected chi connectivity index (χ2v) is 6.07. The second kappa shape index (κ2) is 9.19. The summed E-state index contributed by atoms with van der Waals surface area (Å²) in [5.74, 6) is 2.70. The highest BCUT2D eigenvalue weighted by Gasteiger charge is 2.18. The number of nitrogens with zero attached hydrogens (tertiary/aromatic N) is 3. The minimum atomic E-state index is -0.518. The third-order valence-electron chi connectivity index (χ3n) is 4.16. The highest BCUT2D eigenvalue weighted by molar-refractivity contribution is 5.95. The largest absolute Gasteiger partial charge is 0.481 e. The van der Waals surface area contributed by atoms with Gasteiger partial charge in [-0.25, -0.2) is 4.98 Å². The third-order valence-corrected chi connectivity index (χ3v) is 4.16. The topological polar surface area (TPSA) is 99.3 Å². The number of hydrogen-bond donors (Lipinski definition) is 1. The third kappa shape index (κ3) is 4.99. The fourth-order valence-electron chi connectivity index (χ4n) is 2.73. The summed E-state index contributed by atoms with van der Waals surface area (Å²) in [6.45, 7) is 0.599. The summed E-state index contributed by atoms with van der Waals surface area (Å²) in [7, 11) is 0. The number of benzene rings is 2. The molecule has 0 spiro atoms. The average Bonchev–Trinajstić information content (AvgIpc) is 3.27. The standard InChI is InChI=1S/C21H18N4O4/c1-2-13-29-18-6-3-16(4-7-18)9-10-23-21(26)17-5-8-19(20(14-17)25(27)28)24-12-11-22-15-24/h1,3-8,11-12,14-15H,9-10,13H2,(H,23,26). The van der Waals surface area contributed by atoms with Crippen molar-refractivity contribution in [2.75, 3.05) is 13.2 Å². The first kappa shape index (κ1) is 19.6. The van der Waals surface area contributed by atoms with Crippen molar-refractivity contribution in [1.29, 1.82) is 0 Å². The highest BCUT2D eigenvalue weighted by atomic mass is 16.6. The van der Waals surface area contributed by atoms with Gasteiger partial charge in [-0.1, -0.05) is 18.1 Å². The zero-order chi connectivity index (χ0) is 20.6. The fraction of sp³-hybridized carbons (Fsp3) is 0.143. The quantitative estimate of drug-likeness (QED) is 0.362. The molecule has 0 bridgehead atoms. The summed E-state index contributed by atoms with van der Waals surface area (Å²) in [4.78, 5) is 27.2.